The van der Waals surface area contributed by atoms with Gasteiger partial charge in [0.25, 0.3) is 0 Å². The minimum absolute atomic E-state index is 0.0602. The van der Waals surface area contributed by atoms with Crippen LogP contribution in [0.25, 0.3) is 0 Å². The first-order valence-corrected chi connectivity index (χ1v) is 9.13. The number of carbonyl (C=O) groups is 2. The Morgan fingerprint density at radius 2 is 1.69 bits per heavy atom. The van der Waals surface area contributed by atoms with Gasteiger partial charge in [0.15, 0.2) is 0 Å². The predicted molar refractivity (Wildman–Crippen MR) is 103 cm³/mol. The smallest absolute Gasteiger partial charge is 0.231 e. The van der Waals surface area contributed by atoms with Gasteiger partial charge in [0.05, 0.1) is 11.8 Å². The zero-order chi connectivity index (χ0) is 17.9. The number of amides is 2. The number of hydrogen-bond donors (Lipinski definition) is 1. The van der Waals surface area contributed by atoms with Crippen LogP contribution in [0.3, 0.4) is 0 Å². The minimum Gasteiger partial charge on any atom is -0.326 e. The van der Waals surface area contributed by atoms with Crippen LogP contribution in [0.4, 0.5) is 11.4 Å². The Labute approximate surface area is 153 Å². The van der Waals surface area contributed by atoms with Crippen LogP contribution in [0.1, 0.15) is 12.8 Å². The van der Waals surface area contributed by atoms with Crippen LogP contribution in [0.2, 0.25) is 0 Å². The Kier molecular flexibility index (Phi) is 4.57. The largest absolute Gasteiger partial charge is 0.326 e. The van der Waals surface area contributed by atoms with Gasteiger partial charge in [0.1, 0.15) is 0 Å². The number of rotatable bonds is 3. The molecule has 1 saturated heterocycles. The lowest BCUT2D eigenvalue weighted by molar-refractivity contribution is -0.133. The van der Waals surface area contributed by atoms with Crippen LogP contribution in [-0.4, -0.2) is 18.4 Å². The number of allylic oxidation sites excluding steroid dienone is 2. The first-order chi connectivity index (χ1) is 12.7. The van der Waals surface area contributed by atoms with Gasteiger partial charge in [-0.05, 0) is 43.0 Å². The average Bonchev–Trinajstić information content (AvgIpc) is 2.69. The standard InChI is InChI=1S/C22H22N2O2/c25-21(23-17-9-3-1-4-10-17)19-13-7-8-16-14-15-24(22(26)20(16)19)18-11-5-2-6-12-18/h1-12,16,19-20H,13-15H2,(H,23,25)/t16-,19-,20+/m0/s1. The van der Waals surface area contributed by atoms with Crippen molar-refractivity contribution in [3.63, 3.8) is 0 Å². The summed E-state index contributed by atoms with van der Waals surface area (Å²) in [7, 11) is 0. The van der Waals surface area contributed by atoms with Gasteiger partial charge in [-0.25, -0.2) is 0 Å². The van der Waals surface area contributed by atoms with E-state index in [1.165, 1.54) is 0 Å². The molecule has 0 unspecified atom stereocenters. The molecule has 132 valence electrons. The summed E-state index contributed by atoms with van der Waals surface area (Å²) >= 11 is 0. The van der Waals surface area contributed by atoms with Gasteiger partial charge in [-0.3, -0.25) is 9.59 Å². The Bertz CT molecular complexity index is 817. The molecule has 2 amide bonds. The first kappa shape index (κ1) is 16.6. The number of fused-ring (bicyclic) bond motifs is 1. The molecule has 2 aromatic carbocycles. The summed E-state index contributed by atoms with van der Waals surface area (Å²) < 4.78 is 0. The molecule has 0 bridgehead atoms. The van der Waals surface area contributed by atoms with Crippen LogP contribution in [-0.2, 0) is 9.59 Å². The Balaban J connectivity index is 1.57. The summed E-state index contributed by atoms with van der Waals surface area (Å²) in [5, 5.41) is 2.98. The van der Waals surface area contributed by atoms with E-state index in [0.717, 1.165) is 17.8 Å². The van der Waals surface area contributed by atoms with Crippen molar-refractivity contribution in [2.24, 2.45) is 17.8 Å². The summed E-state index contributed by atoms with van der Waals surface area (Å²) in [6.07, 6.45) is 5.67. The first-order valence-electron chi connectivity index (χ1n) is 9.13. The molecule has 3 atom stereocenters. The lowest BCUT2D eigenvalue weighted by Crippen LogP contribution is -2.51. The highest BCUT2D eigenvalue weighted by atomic mass is 16.2. The van der Waals surface area contributed by atoms with Gasteiger partial charge in [0.2, 0.25) is 11.8 Å². The van der Waals surface area contributed by atoms with E-state index < -0.39 is 0 Å². The Hall–Kier alpha value is -2.88. The summed E-state index contributed by atoms with van der Waals surface area (Å²) in [6, 6.07) is 19.2. The van der Waals surface area contributed by atoms with Crippen molar-refractivity contribution in [2.75, 3.05) is 16.8 Å². The summed E-state index contributed by atoms with van der Waals surface area (Å²) in [5.41, 5.74) is 1.68. The van der Waals surface area contributed by atoms with Crippen LogP contribution >= 0.6 is 0 Å². The molecule has 0 aromatic heterocycles. The van der Waals surface area contributed by atoms with E-state index in [1.54, 1.807) is 0 Å². The number of para-hydroxylation sites is 2. The quantitative estimate of drug-likeness (QED) is 0.858. The lowest BCUT2D eigenvalue weighted by Gasteiger charge is -2.41. The van der Waals surface area contributed by atoms with Crippen LogP contribution in [0, 0.1) is 17.8 Å². The van der Waals surface area contributed by atoms with Crippen LogP contribution < -0.4 is 10.2 Å². The summed E-state index contributed by atoms with van der Waals surface area (Å²) in [6.45, 7) is 0.696. The maximum Gasteiger partial charge on any atom is 0.231 e. The van der Waals surface area contributed by atoms with Gasteiger partial charge in [-0.1, -0.05) is 48.6 Å². The third kappa shape index (κ3) is 3.15. The Morgan fingerprint density at radius 3 is 2.42 bits per heavy atom. The van der Waals surface area contributed by atoms with E-state index in [1.807, 2.05) is 65.6 Å². The molecule has 2 aliphatic rings. The van der Waals surface area contributed by atoms with E-state index in [9.17, 15) is 9.59 Å². The van der Waals surface area contributed by atoms with Crippen molar-refractivity contribution in [3.05, 3.63) is 72.8 Å². The molecule has 0 spiro atoms. The van der Waals surface area contributed by atoms with E-state index in [0.29, 0.717) is 13.0 Å². The normalized spacial score (nSPS) is 24.8. The Morgan fingerprint density at radius 1 is 1.00 bits per heavy atom. The number of anilines is 2. The highest BCUT2D eigenvalue weighted by Crippen LogP contribution is 2.39. The molecule has 1 heterocycles. The van der Waals surface area contributed by atoms with Gasteiger partial charge in [-0.2, -0.15) is 0 Å². The van der Waals surface area contributed by atoms with Crippen LogP contribution in [0.5, 0.6) is 0 Å². The number of hydrogen-bond acceptors (Lipinski definition) is 2. The number of nitrogens with one attached hydrogen (secondary N) is 1. The number of carbonyl (C=O) groups excluding carboxylic acids is 2. The number of piperidine rings is 1. The summed E-state index contributed by atoms with van der Waals surface area (Å²) in [5.74, 6) is -0.492. The maximum absolute atomic E-state index is 13.2. The van der Waals surface area contributed by atoms with Crippen molar-refractivity contribution in [2.45, 2.75) is 12.8 Å². The zero-order valence-electron chi connectivity index (χ0n) is 14.5. The fraction of sp³-hybridized carbons (Fsp3) is 0.273. The van der Waals surface area contributed by atoms with Gasteiger partial charge in [0, 0.05) is 17.9 Å². The number of benzene rings is 2. The van der Waals surface area contributed by atoms with E-state index in [2.05, 4.69) is 17.5 Å². The fourth-order valence-corrected chi connectivity index (χ4v) is 4.05. The topological polar surface area (TPSA) is 49.4 Å². The molecule has 0 radical (unpaired) electrons. The molecule has 4 heteroatoms. The third-order valence-corrected chi connectivity index (χ3v) is 5.35. The molecule has 4 nitrogen and oxygen atoms in total. The molecule has 4 rings (SSSR count). The van der Waals surface area contributed by atoms with Crippen molar-refractivity contribution in [3.8, 4) is 0 Å². The van der Waals surface area contributed by atoms with E-state index >= 15 is 0 Å². The minimum atomic E-state index is -0.329. The highest BCUT2D eigenvalue weighted by Gasteiger charge is 2.44. The van der Waals surface area contributed by atoms with Crippen LogP contribution in [0.15, 0.2) is 72.8 Å². The molecular weight excluding hydrogens is 324 g/mol. The second-order valence-corrected chi connectivity index (χ2v) is 6.93. The molecule has 1 fully saturated rings. The van der Waals surface area contributed by atoms with Gasteiger partial charge >= 0.3 is 0 Å². The average molecular weight is 346 g/mol. The lowest BCUT2D eigenvalue weighted by atomic mass is 9.71. The maximum atomic E-state index is 13.2. The highest BCUT2D eigenvalue weighted by molar-refractivity contribution is 6.02. The van der Waals surface area contributed by atoms with Crippen molar-refractivity contribution >= 4 is 23.2 Å². The number of nitrogens with zero attached hydrogens (tertiary/aromatic N) is 1. The SMILES string of the molecule is O=C(Nc1ccccc1)[C@H]1CC=C[C@H]2CCN(c3ccccc3)C(=O)[C@@H]12. The second kappa shape index (κ2) is 7.16. The van der Waals surface area contributed by atoms with E-state index in [-0.39, 0.29) is 29.6 Å². The van der Waals surface area contributed by atoms with Crippen molar-refractivity contribution in [1.82, 2.24) is 0 Å². The van der Waals surface area contributed by atoms with Crippen molar-refractivity contribution < 1.29 is 9.59 Å². The molecule has 1 N–H and O–H groups in total. The van der Waals surface area contributed by atoms with E-state index in [4.69, 9.17) is 0 Å². The zero-order valence-corrected chi connectivity index (χ0v) is 14.5. The van der Waals surface area contributed by atoms with Gasteiger partial charge < -0.3 is 10.2 Å². The van der Waals surface area contributed by atoms with Gasteiger partial charge in [-0.15, -0.1) is 0 Å². The molecule has 26 heavy (non-hydrogen) atoms. The summed E-state index contributed by atoms with van der Waals surface area (Å²) in [4.78, 5) is 28.0. The molecule has 1 aliphatic carbocycles. The third-order valence-electron chi connectivity index (χ3n) is 5.35. The van der Waals surface area contributed by atoms with Crippen molar-refractivity contribution in [1.29, 1.82) is 0 Å². The molecular formula is C22H22N2O2. The predicted octanol–water partition coefficient (Wildman–Crippen LogP) is 3.87. The second-order valence-electron chi connectivity index (χ2n) is 6.93. The monoisotopic (exact) mass is 346 g/mol. The molecule has 2 aromatic rings. The molecule has 0 saturated carbocycles. The molecule has 1 aliphatic heterocycles. The fourth-order valence-electron chi connectivity index (χ4n) is 4.05.